The lowest BCUT2D eigenvalue weighted by Crippen LogP contribution is -2.38. The number of likely N-dealkylation sites (tertiary alicyclic amines) is 1. The van der Waals surface area contributed by atoms with Crippen LogP contribution in [0.5, 0.6) is 0 Å². The highest BCUT2D eigenvalue weighted by molar-refractivity contribution is 7.15. The van der Waals surface area contributed by atoms with E-state index < -0.39 is 11.4 Å². The summed E-state index contributed by atoms with van der Waals surface area (Å²) in [4.78, 5) is 25.5. The second kappa shape index (κ2) is 5.25. The lowest BCUT2D eigenvalue weighted by atomic mass is 9.81. The van der Waals surface area contributed by atoms with Gasteiger partial charge in [-0.25, -0.2) is 4.79 Å². The molecule has 2 aliphatic rings. The van der Waals surface area contributed by atoms with Gasteiger partial charge in [-0.15, -0.1) is 10.2 Å². The molecule has 2 fully saturated rings. The molecule has 2 N–H and O–H groups in total. The Balaban J connectivity index is 1.68. The predicted octanol–water partition coefficient (Wildman–Crippen LogP) is 1.82. The molecule has 2 atom stereocenters. The summed E-state index contributed by atoms with van der Waals surface area (Å²) in [5.41, 5.74) is -0.743. The summed E-state index contributed by atoms with van der Waals surface area (Å²) in [5, 5.41) is 21.5. The van der Waals surface area contributed by atoms with Crippen LogP contribution in [-0.2, 0) is 11.2 Å². The number of nitrogens with one attached hydrogen (secondary N) is 1. The first-order valence-electron chi connectivity index (χ1n) is 7.17. The molecule has 1 aromatic heterocycles. The van der Waals surface area contributed by atoms with Gasteiger partial charge in [0.05, 0.1) is 5.41 Å². The molecule has 21 heavy (non-hydrogen) atoms. The summed E-state index contributed by atoms with van der Waals surface area (Å²) in [6, 6.07) is -0.274. The van der Waals surface area contributed by atoms with Crippen LogP contribution in [0, 0.1) is 11.3 Å². The van der Waals surface area contributed by atoms with E-state index in [2.05, 4.69) is 15.5 Å². The molecule has 2 amide bonds. The van der Waals surface area contributed by atoms with Crippen LogP contribution < -0.4 is 5.32 Å². The molecule has 0 radical (unpaired) electrons. The van der Waals surface area contributed by atoms with Gasteiger partial charge in [-0.3, -0.25) is 10.1 Å². The molecule has 1 aliphatic carbocycles. The molecule has 1 saturated heterocycles. The zero-order valence-electron chi connectivity index (χ0n) is 11.8. The monoisotopic (exact) mass is 310 g/mol. The maximum atomic E-state index is 12.3. The van der Waals surface area contributed by atoms with Crippen molar-refractivity contribution >= 4 is 28.5 Å². The Kier molecular flexibility index (Phi) is 3.56. The normalized spacial score (nSPS) is 27.7. The molecule has 2 heterocycles. The quantitative estimate of drug-likeness (QED) is 0.888. The zero-order valence-corrected chi connectivity index (χ0v) is 12.7. The van der Waals surface area contributed by atoms with E-state index in [1.165, 1.54) is 11.3 Å². The van der Waals surface area contributed by atoms with Crippen LogP contribution in [0.4, 0.5) is 9.93 Å². The minimum absolute atomic E-state index is 0.0707. The van der Waals surface area contributed by atoms with Crippen molar-refractivity contribution in [3.63, 3.8) is 0 Å². The van der Waals surface area contributed by atoms with E-state index in [1.807, 2.05) is 6.92 Å². The maximum Gasteiger partial charge on any atom is 0.323 e. The number of aryl methyl sites for hydroxylation is 1. The Morgan fingerprint density at radius 1 is 1.52 bits per heavy atom. The minimum atomic E-state index is -0.774. The molecular weight excluding hydrogens is 292 g/mol. The number of aromatic nitrogens is 2. The van der Waals surface area contributed by atoms with Crippen molar-refractivity contribution in [3.05, 3.63) is 5.01 Å². The summed E-state index contributed by atoms with van der Waals surface area (Å²) < 4.78 is 0. The number of amides is 2. The molecule has 8 heteroatoms. The molecule has 114 valence electrons. The predicted molar refractivity (Wildman–Crippen MR) is 77.3 cm³/mol. The second-order valence-corrected chi connectivity index (χ2v) is 6.78. The van der Waals surface area contributed by atoms with Crippen LogP contribution in [0.1, 0.15) is 31.2 Å². The van der Waals surface area contributed by atoms with Crippen LogP contribution in [-0.4, -0.2) is 45.3 Å². The standard InChI is InChI=1S/C13H18N4O3S/c1-2-9-15-16-11(21-9)14-12(20)17-6-8-4-3-5-13(8,7-17)10(18)19/h8H,2-7H2,1H3,(H,18,19)(H,14,16,20)/t8-,13+/m0/s1. The molecule has 7 nitrogen and oxygen atoms in total. The SMILES string of the molecule is CCc1nnc(NC(=O)N2C[C@@H]3CCC[C@@]3(C(=O)O)C2)s1. The van der Waals surface area contributed by atoms with Gasteiger partial charge < -0.3 is 10.0 Å². The minimum Gasteiger partial charge on any atom is -0.481 e. The summed E-state index contributed by atoms with van der Waals surface area (Å²) >= 11 is 1.35. The smallest absolute Gasteiger partial charge is 0.323 e. The summed E-state index contributed by atoms with van der Waals surface area (Å²) in [5.74, 6) is -0.703. The van der Waals surface area contributed by atoms with Crippen molar-refractivity contribution in [1.29, 1.82) is 0 Å². The van der Waals surface area contributed by atoms with Crippen molar-refractivity contribution in [2.24, 2.45) is 11.3 Å². The Hall–Kier alpha value is -1.70. The van der Waals surface area contributed by atoms with E-state index in [4.69, 9.17) is 0 Å². The van der Waals surface area contributed by atoms with E-state index >= 15 is 0 Å². The van der Waals surface area contributed by atoms with Gasteiger partial charge in [0.25, 0.3) is 0 Å². The largest absolute Gasteiger partial charge is 0.481 e. The number of carboxylic acid groups (broad SMARTS) is 1. The molecular formula is C13H18N4O3S. The second-order valence-electron chi connectivity index (χ2n) is 5.72. The molecule has 1 saturated carbocycles. The first kappa shape index (κ1) is 14.2. The van der Waals surface area contributed by atoms with Gasteiger partial charge in [-0.1, -0.05) is 24.7 Å². The van der Waals surface area contributed by atoms with Crippen molar-refractivity contribution in [2.45, 2.75) is 32.6 Å². The van der Waals surface area contributed by atoms with Crippen molar-refractivity contribution in [2.75, 3.05) is 18.4 Å². The van der Waals surface area contributed by atoms with Gasteiger partial charge >= 0.3 is 12.0 Å². The summed E-state index contributed by atoms with van der Waals surface area (Å²) in [6.07, 6.45) is 3.26. The van der Waals surface area contributed by atoms with E-state index in [0.717, 1.165) is 24.3 Å². The van der Waals surface area contributed by atoms with Crippen LogP contribution >= 0.6 is 11.3 Å². The Morgan fingerprint density at radius 2 is 2.33 bits per heavy atom. The average molecular weight is 310 g/mol. The molecule has 0 unspecified atom stereocenters. The summed E-state index contributed by atoms with van der Waals surface area (Å²) in [7, 11) is 0. The van der Waals surface area contributed by atoms with Crippen molar-refractivity contribution in [1.82, 2.24) is 15.1 Å². The lowest BCUT2D eigenvalue weighted by Gasteiger charge is -2.23. The van der Waals surface area contributed by atoms with Crippen molar-refractivity contribution < 1.29 is 14.7 Å². The number of fused-ring (bicyclic) bond motifs is 1. The third-order valence-electron chi connectivity index (χ3n) is 4.57. The van der Waals surface area contributed by atoms with E-state index in [-0.39, 0.29) is 18.5 Å². The number of anilines is 1. The highest BCUT2D eigenvalue weighted by Crippen LogP contribution is 2.48. The Bertz CT molecular complexity index is 576. The fraction of sp³-hybridized carbons (Fsp3) is 0.692. The van der Waals surface area contributed by atoms with Gasteiger partial charge in [0.1, 0.15) is 5.01 Å². The fourth-order valence-corrected chi connectivity index (χ4v) is 4.08. The number of hydrogen-bond donors (Lipinski definition) is 2. The van der Waals surface area contributed by atoms with Crippen LogP contribution in [0.15, 0.2) is 0 Å². The average Bonchev–Trinajstić information content (AvgIpc) is 3.11. The third-order valence-corrected chi connectivity index (χ3v) is 5.55. The molecule has 0 bridgehead atoms. The first-order valence-corrected chi connectivity index (χ1v) is 7.98. The number of carboxylic acids is 1. The van der Waals surface area contributed by atoms with Crippen LogP contribution in [0.2, 0.25) is 0 Å². The number of carbonyl (C=O) groups excluding carboxylic acids is 1. The van der Waals surface area contributed by atoms with E-state index in [9.17, 15) is 14.7 Å². The van der Waals surface area contributed by atoms with E-state index in [1.54, 1.807) is 4.90 Å². The molecule has 3 rings (SSSR count). The van der Waals surface area contributed by atoms with Crippen molar-refractivity contribution in [3.8, 4) is 0 Å². The van der Waals surface area contributed by atoms with Gasteiger partial charge in [-0.2, -0.15) is 0 Å². The van der Waals surface area contributed by atoms with Crippen LogP contribution in [0.25, 0.3) is 0 Å². The third kappa shape index (κ3) is 2.37. The lowest BCUT2D eigenvalue weighted by molar-refractivity contribution is -0.149. The van der Waals surface area contributed by atoms with Gasteiger partial charge in [0.15, 0.2) is 0 Å². The fourth-order valence-electron chi connectivity index (χ4n) is 3.41. The van der Waals surface area contributed by atoms with Gasteiger partial charge in [0, 0.05) is 13.1 Å². The number of urea groups is 1. The zero-order chi connectivity index (χ0) is 15.0. The number of carbonyl (C=O) groups is 2. The Labute approximate surface area is 126 Å². The topological polar surface area (TPSA) is 95.4 Å². The summed E-state index contributed by atoms with van der Waals surface area (Å²) in [6.45, 7) is 2.78. The first-order chi connectivity index (χ1) is 10.0. The number of nitrogens with zero attached hydrogens (tertiary/aromatic N) is 3. The van der Waals surface area contributed by atoms with E-state index in [0.29, 0.717) is 18.1 Å². The number of aliphatic carboxylic acids is 1. The number of hydrogen-bond acceptors (Lipinski definition) is 5. The maximum absolute atomic E-state index is 12.3. The van der Waals surface area contributed by atoms with Crippen LogP contribution in [0.3, 0.4) is 0 Å². The highest BCUT2D eigenvalue weighted by Gasteiger charge is 2.55. The number of rotatable bonds is 3. The Morgan fingerprint density at radius 3 is 2.95 bits per heavy atom. The molecule has 1 aromatic rings. The molecule has 0 aromatic carbocycles. The van der Waals surface area contributed by atoms with Gasteiger partial charge in [0.2, 0.25) is 5.13 Å². The molecule has 0 spiro atoms. The van der Waals surface area contributed by atoms with Gasteiger partial charge in [-0.05, 0) is 25.2 Å². The highest BCUT2D eigenvalue weighted by atomic mass is 32.1. The molecule has 1 aliphatic heterocycles.